The number of ketones is 1. The lowest BCUT2D eigenvalue weighted by Crippen LogP contribution is -2.47. The highest BCUT2D eigenvalue weighted by Gasteiger charge is 2.55. The van der Waals surface area contributed by atoms with E-state index >= 15 is 0 Å². The van der Waals surface area contributed by atoms with E-state index in [1.807, 2.05) is 13.8 Å². The fraction of sp³-hybridized carbons (Fsp3) is 0.800. The maximum Gasteiger partial charge on any atom is 0.165 e. The van der Waals surface area contributed by atoms with Gasteiger partial charge in [-0.3, -0.25) is 4.79 Å². The summed E-state index contributed by atoms with van der Waals surface area (Å²) in [5.41, 5.74) is -0.990. The topological polar surface area (TPSA) is 57.5 Å². The molecule has 0 aromatic carbocycles. The summed E-state index contributed by atoms with van der Waals surface area (Å²) in [7, 11) is 0. The molecule has 0 radical (unpaired) electrons. The Kier molecular flexibility index (Phi) is 2.81. The molecule has 2 N–H and O–H groups in total. The summed E-state index contributed by atoms with van der Waals surface area (Å²) >= 11 is 0. The molecule has 0 aromatic heterocycles. The van der Waals surface area contributed by atoms with Gasteiger partial charge in [0.15, 0.2) is 5.78 Å². The lowest BCUT2D eigenvalue weighted by Gasteiger charge is -2.45. The molecule has 0 bridgehead atoms. The van der Waals surface area contributed by atoms with E-state index in [1.54, 1.807) is 6.92 Å². The second-order valence-electron chi connectivity index (χ2n) is 7.32. The normalized spacial score (nSPS) is 39.4. The van der Waals surface area contributed by atoms with Gasteiger partial charge in [-0.2, -0.15) is 0 Å². The van der Waals surface area contributed by atoms with Crippen molar-refractivity contribution in [2.45, 2.75) is 65.1 Å². The summed E-state index contributed by atoms with van der Waals surface area (Å²) < 4.78 is 0. The first-order chi connectivity index (χ1) is 8.00. The molecule has 0 fully saturated rings. The molecule has 0 saturated heterocycles. The lowest BCUT2D eigenvalue weighted by atomic mass is 9.63. The zero-order valence-electron chi connectivity index (χ0n) is 12.0. The molecule has 0 saturated carbocycles. The Bertz CT molecular complexity index is 429. The van der Waals surface area contributed by atoms with Gasteiger partial charge >= 0.3 is 0 Å². The average Bonchev–Trinajstić information content (AvgIpc) is 2.34. The standard InChI is InChI=1S/C15H24O3/c1-9(2)15(18)8-13(3,4)6-10-12(15)11(16)7-14(10,5)17/h9,17-18H,6-8H2,1-5H3. The molecule has 102 valence electrons. The molecule has 2 unspecified atom stereocenters. The van der Waals surface area contributed by atoms with Crippen LogP contribution < -0.4 is 0 Å². The fourth-order valence-corrected chi connectivity index (χ4v) is 3.58. The van der Waals surface area contributed by atoms with Gasteiger partial charge in [0.05, 0.1) is 11.2 Å². The van der Waals surface area contributed by atoms with E-state index in [0.29, 0.717) is 18.4 Å². The van der Waals surface area contributed by atoms with E-state index in [4.69, 9.17) is 0 Å². The van der Waals surface area contributed by atoms with Gasteiger partial charge in [-0.15, -0.1) is 0 Å². The van der Waals surface area contributed by atoms with Crippen LogP contribution in [0.5, 0.6) is 0 Å². The fourth-order valence-electron chi connectivity index (χ4n) is 3.58. The largest absolute Gasteiger partial charge is 0.385 e. The quantitative estimate of drug-likeness (QED) is 0.752. The van der Waals surface area contributed by atoms with E-state index in [-0.39, 0.29) is 23.5 Å². The third-order valence-electron chi connectivity index (χ3n) is 4.53. The first-order valence-electron chi connectivity index (χ1n) is 6.72. The summed E-state index contributed by atoms with van der Waals surface area (Å²) in [5, 5.41) is 21.4. The van der Waals surface area contributed by atoms with Crippen LogP contribution in [0, 0.1) is 11.3 Å². The van der Waals surface area contributed by atoms with Crippen molar-refractivity contribution in [3.8, 4) is 0 Å². The van der Waals surface area contributed by atoms with Gasteiger partial charge in [0.25, 0.3) is 0 Å². The summed E-state index contributed by atoms with van der Waals surface area (Å²) in [4.78, 5) is 12.2. The number of hydrogen-bond acceptors (Lipinski definition) is 3. The minimum atomic E-state index is -1.09. The average molecular weight is 252 g/mol. The van der Waals surface area contributed by atoms with Crippen molar-refractivity contribution in [3.05, 3.63) is 11.1 Å². The molecule has 0 amide bonds. The summed E-state index contributed by atoms with van der Waals surface area (Å²) in [6, 6.07) is 0. The van der Waals surface area contributed by atoms with Gasteiger partial charge in [-0.05, 0) is 36.7 Å². The van der Waals surface area contributed by atoms with Crippen molar-refractivity contribution >= 4 is 5.78 Å². The monoisotopic (exact) mass is 252 g/mol. The maximum atomic E-state index is 12.2. The van der Waals surface area contributed by atoms with Gasteiger partial charge in [-0.25, -0.2) is 0 Å². The first kappa shape index (κ1) is 13.8. The minimum absolute atomic E-state index is 0.0278. The van der Waals surface area contributed by atoms with Crippen LogP contribution in [0.25, 0.3) is 0 Å². The molecule has 3 heteroatoms. The molecule has 2 atom stereocenters. The Labute approximate surface area is 109 Å². The van der Waals surface area contributed by atoms with Crippen LogP contribution in [0.15, 0.2) is 11.1 Å². The Morgan fingerprint density at radius 2 is 1.67 bits per heavy atom. The van der Waals surface area contributed by atoms with Crippen molar-refractivity contribution in [3.63, 3.8) is 0 Å². The number of rotatable bonds is 1. The minimum Gasteiger partial charge on any atom is -0.385 e. The first-order valence-corrected chi connectivity index (χ1v) is 6.72. The third-order valence-corrected chi connectivity index (χ3v) is 4.53. The predicted molar refractivity (Wildman–Crippen MR) is 70.1 cm³/mol. The van der Waals surface area contributed by atoms with Gasteiger partial charge in [0, 0.05) is 12.0 Å². The van der Waals surface area contributed by atoms with Crippen LogP contribution in [-0.2, 0) is 4.79 Å². The number of Topliss-reactive ketones (excluding diaryl/α,β-unsaturated/α-hetero) is 1. The van der Waals surface area contributed by atoms with Crippen LogP contribution in [0.1, 0.15) is 53.9 Å². The van der Waals surface area contributed by atoms with E-state index in [1.165, 1.54) is 0 Å². The van der Waals surface area contributed by atoms with Gasteiger partial charge in [-0.1, -0.05) is 27.7 Å². The highest BCUT2D eigenvalue weighted by atomic mass is 16.3. The number of carbonyl (C=O) groups is 1. The van der Waals surface area contributed by atoms with Crippen LogP contribution in [-0.4, -0.2) is 27.2 Å². The molecule has 2 aliphatic carbocycles. The van der Waals surface area contributed by atoms with Gasteiger partial charge < -0.3 is 10.2 Å². The molecular weight excluding hydrogens is 228 g/mol. The molecule has 0 aliphatic heterocycles. The summed E-state index contributed by atoms with van der Waals surface area (Å²) in [5.74, 6) is -0.110. The Morgan fingerprint density at radius 3 is 2.17 bits per heavy atom. The van der Waals surface area contributed by atoms with Crippen LogP contribution in [0.2, 0.25) is 0 Å². The van der Waals surface area contributed by atoms with Crippen molar-refractivity contribution in [1.29, 1.82) is 0 Å². The molecule has 0 heterocycles. The third kappa shape index (κ3) is 1.84. The molecule has 0 spiro atoms. The lowest BCUT2D eigenvalue weighted by molar-refractivity contribution is -0.120. The van der Waals surface area contributed by atoms with E-state index in [9.17, 15) is 15.0 Å². The zero-order valence-corrected chi connectivity index (χ0v) is 12.0. The SMILES string of the molecule is CC(C)C1(O)CC(C)(C)CC2=C1C(=O)CC2(C)O. The zero-order chi connectivity index (χ0) is 13.9. The highest BCUT2D eigenvalue weighted by Crippen LogP contribution is 2.54. The van der Waals surface area contributed by atoms with Crippen molar-refractivity contribution in [1.82, 2.24) is 0 Å². The van der Waals surface area contributed by atoms with Crippen LogP contribution in [0.4, 0.5) is 0 Å². The maximum absolute atomic E-state index is 12.2. The Hall–Kier alpha value is -0.670. The molecular formula is C15H24O3. The van der Waals surface area contributed by atoms with Crippen molar-refractivity contribution in [2.24, 2.45) is 11.3 Å². The van der Waals surface area contributed by atoms with Gasteiger partial charge in [0.1, 0.15) is 0 Å². The number of hydrogen-bond donors (Lipinski definition) is 2. The van der Waals surface area contributed by atoms with Gasteiger partial charge in [0.2, 0.25) is 0 Å². The smallest absolute Gasteiger partial charge is 0.165 e. The Morgan fingerprint density at radius 1 is 1.11 bits per heavy atom. The second kappa shape index (κ2) is 3.67. The van der Waals surface area contributed by atoms with Crippen molar-refractivity contribution < 1.29 is 15.0 Å². The molecule has 18 heavy (non-hydrogen) atoms. The van der Waals surface area contributed by atoms with E-state index in [2.05, 4.69) is 13.8 Å². The summed E-state index contributed by atoms with van der Waals surface area (Å²) in [6.07, 6.45) is 1.39. The second-order valence-corrected chi connectivity index (χ2v) is 7.32. The van der Waals surface area contributed by atoms with Crippen LogP contribution >= 0.6 is 0 Å². The molecule has 3 nitrogen and oxygen atoms in total. The van der Waals surface area contributed by atoms with E-state index in [0.717, 1.165) is 5.57 Å². The molecule has 0 aromatic rings. The van der Waals surface area contributed by atoms with Crippen LogP contribution in [0.3, 0.4) is 0 Å². The molecule has 2 rings (SSSR count). The molecule has 2 aliphatic rings. The van der Waals surface area contributed by atoms with E-state index < -0.39 is 11.2 Å². The summed E-state index contributed by atoms with van der Waals surface area (Å²) in [6.45, 7) is 9.74. The highest BCUT2D eigenvalue weighted by molar-refractivity contribution is 6.02. The van der Waals surface area contributed by atoms with Crippen molar-refractivity contribution in [2.75, 3.05) is 0 Å². The number of carbonyl (C=O) groups excluding carboxylic acids is 1. The Balaban J connectivity index is 2.63. The predicted octanol–water partition coefficient (Wildman–Crippen LogP) is 2.21. The number of aliphatic hydroxyl groups is 2.